The molecule has 0 fully saturated rings. The molecule has 0 unspecified atom stereocenters. The lowest BCUT2D eigenvalue weighted by Gasteiger charge is -2.16. The van der Waals surface area contributed by atoms with Crippen LogP contribution in [0.2, 0.25) is 0 Å². The average Bonchev–Trinajstić information content (AvgIpc) is 3.26. The number of nitrogens with zero attached hydrogens (tertiary/aromatic N) is 2. The lowest BCUT2D eigenvalue weighted by Crippen LogP contribution is -2.08. The minimum Gasteiger partial charge on any atom is -0.375 e. The topological polar surface area (TPSA) is 67.1 Å². The average molecular weight is 387 g/mol. The van der Waals surface area contributed by atoms with Gasteiger partial charge in [-0.2, -0.15) is 0 Å². The quantitative estimate of drug-likeness (QED) is 0.406. The Balaban J connectivity index is 1.65. The summed E-state index contributed by atoms with van der Waals surface area (Å²) < 4.78 is 1.11. The van der Waals surface area contributed by atoms with E-state index < -0.39 is 0 Å². The number of aromatic amines is 1. The highest BCUT2D eigenvalue weighted by Gasteiger charge is 2.15. The van der Waals surface area contributed by atoms with E-state index in [4.69, 9.17) is 10.7 Å². The fraction of sp³-hybridized carbons (Fsp3) is 0.217. The number of allylic oxidation sites excluding steroid dienone is 2. The molecule has 0 atom stereocenters. The summed E-state index contributed by atoms with van der Waals surface area (Å²) in [5, 5.41) is 1.80. The van der Waals surface area contributed by atoms with Gasteiger partial charge >= 0.3 is 0 Å². The summed E-state index contributed by atoms with van der Waals surface area (Å²) in [6, 6.07) is 14.9. The first-order chi connectivity index (χ1) is 13.7. The van der Waals surface area contributed by atoms with Crippen LogP contribution in [0.25, 0.3) is 21.1 Å². The molecule has 5 heteroatoms. The number of hydrogen-bond acceptors (Lipinski definition) is 4. The maximum atomic E-state index is 5.90. The van der Waals surface area contributed by atoms with E-state index in [-0.39, 0.29) is 0 Å². The molecule has 0 bridgehead atoms. The van der Waals surface area contributed by atoms with Crippen molar-refractivity contribution in [1.29, 1.82) is 0 Å². The monoisotopic (exact) mass is 386 g/mol. The molecule has 4 aromatic rings. The number of nitrogens with two attached hydrogens (primary N) is 1. The summed E-state index contributed by atoms with van der Waals surface area (Å²) in [5.41, 5.74) is 13.7. The molecule has 2 heterocycles. The number of nitrogens with one attached hydrogen (secondary N) is 1. The number of hydrogen-bond donors (Lipinski definition) is 2. The standard InChI is InChI=1S/C23H22N4S/c1-14-11-17-12-18(8-10-19(17)25-14)26-22(15-5-3-2-4-6-15)16-7-9-20-21(13-16)28-23(24)27-20/h5,7-13,25H,2-4,6H2,1H3,(H2,24,27). The summed E-state index contributed by atoms with van der Waals surface area (Å²) in [6.07, 6.45) is 7.03. The molecule has 1 aliphatic rings. The number of aryl methyl sites for hydroxylation is 1. The fourth-order valence-electron chi connectivity index (χ4n) is 3.93. The highest BCUT2D eigenvalue weighted by Crippen LogP contribution is 2.30. The smallest absolute Gasteiger partial charge is 0.181 e. The SMILES string of the molecule is Cc1cc2cc(N=C(C3=CCCCC3)c3ccc4nc(N)sc4c3)ccc2[nH]1. The van der Waals surface area contributed by atoms with E-state index in [1.54, 1.807) is 0 Å². The van der Waals surface area contributed by atoms with Crippen molar-refractivity contribution in [2.45, 2.75) is 32.6 Å². The zero-order chi connectivity index (χ0) is 19.1. The number of nitrogen functional groups attached to an aromatic ring is 1. The van der Waals surface area contributed by atoms with E-state index in [0.717, 1.165) is 45.5 Å². The van der Waals surface area contributed by atoms with Gasteiger partial charge in [0.05, 0.1) is 21.6 Å². The van der Waals surface area contributed by atoms with Gasteiger partial charge in [-0.3, -0.25) is 0 Å². The zero-order valence-corrected chi connectivity index (χ0v) is 16.6. The maximum Gasteiger partial charge on any atom is 0.181 e. The predicted molar refractivity (Wildman–Crippen MR) is 120 cm³/mol. The van der Waals surface area contributed by atoms with Crippen LogP contribution in [0, 0.1) is 6.92 Å². The lowest BCUT2D eigenvalue weighted by atomic mass is 9.92. The summed E-state index contributed by atoms with van der Waals surface area (Å²) >= 11 is 1.53. The number of thiazole rings is 1. The van der Waals surface area contributed by atoms with Gasteiger partial charge in [0.1, 0.15) is 0 Å². The van der Waals surface area contributed by atoms with Gasteiger partial charge in [0.25, 0.3) is 0 Å². The molecule has 1 aliphatic carbocycles. The molecule has 28 heavy (non-hydrogen) atoms. The molecule has 140 valence electrons. The molecule has 3 N–H and O–H groups in total. The van der Waals surface area contributed by atoms with Crippen molar-refractivity contribution >= 4 is 49.0 Å². The molecule has 4 nitrogen and oxygen atoms in total. The Morgan fingerprint density at radius 2 is 2.07 bits per heavy atom. The second-order valence-electron chi connectivity index (χ2n) is 7.39. The van der Waals surface area contributed by atoms with Crippen LogP contribution in [0.15, 0.2) is 59.1 Å². The van der Waals surface area contributed by atoms with Gasteiger partial charge < -0.3 is 10.7 Å². The Morgan fingerprint density at radius 1 is 1.14 bits per heavy atom. The Hall–Kier alpha value is -2.92. The number of benzene rings is 2. The van der Waals surface area contributed by atoms with Gasteiger partial charge in [-0.15, -0.1) is 0 Å². The number of anilines is 1. The van der Waals surface area contributed by atoms with Crippen LogP contribution in [-0.2, 0) is 0 Å². The van der Waals surface area contributed by atoms with Crippen LogP contribution >= 0.6 is 11.3 Å². The van der Waals surface area contributed by atoms with Crippen LogP contribution in [0.3, 0.4) is 0 Å². The molecular formula is C23H22N4S. The van der Waals surface area contributed by atoms with Gasteiger partial charge in [0, 0.05) is 22.2 Å². The van der Waals surface area contributed by atoms with Crippen molar-refractivity contribution in [2.75, 3.05) is 5.73 Å². The van der Waals surface area contributed by atoms with Crippen molar-refractivity contribution in [3.8, 4) is 0 Å². The molecule has 5 rings (SSSR count). The molecular weight excluding hydrogens is 364 g/mol. The van der Waals surface area contributed by atoms with Crippen molar-refractivity contribution in [2.24, 2.45) is 4.99 Å². The Labute approximate surface area is 167 Å². The molecule has 0 saturated carbocycles. The van der Waals surface area contributed by atoms with Gasteiger partial charge in [-0.05, 0) is 74.6 Å². The van der Waals surface area contributed by atoms with Crippen molar-refractivity contribution in [3.05, 3.63) is 65.4 Å². The second kappa shape index (κ2) is 6.91. The Kier molecular flexibility index (Phi) is 4.24. The third-order valence-corrected chi connectivity index (χ3v) is 6.10. The van der Waals surface area contributed by atoms with Crippen LogP contribution in [-0.4, -0.2) is 15.7 Å². The lowest BCUT2D eigenvalue weighted by molar-refractivity contribution is 0.717. The normalized spacial score (nSPS) is 15.3. The number of H-pyrrole nitrogens is 1. The summed E-state index contributed by atoms with van der Waals surface area (Å²) in [6.45, 7) is 2.08. The van der Waals surface area contributed by atoms with Crippen LogP contribution < -0.4 is 5.73 Å². The first kappa shape index (κ1) is 17.2. The summed E-state index contributed by atoms with van der Waals surface area (Å²) in [4.78, 5) is 12.9. The molecule has 0 aliphatic heterocycles. The van der Waals surface area contributed by atoms with Crippen LogP contribution in [0.5, 0.6) is 0 Å². The largest absolute Gasteiger partial charge is 0.375 e. The van der Waals surface area contributed by atoms with E-state index in [0.29, 0.717) is 5.13 Å². The van der Waals surface area contributed by atoms with Crippen molar-refractivity contribution in [1.82, 2.24) is 9.97 Å². The molecule has 0 amide bonds. The first-order valence-electron chi connectivity index (χ1n) is 9.70. The molecule has 2 aromatic carbocycles. The third-order valence-electron chi connectivity index (χ3n) is 5.25. The summed E-state index contributed by atoms with van der Waals surface area (Å²) in [5.74, 6) is 0. The van der Waals surface area contributed by atoms with E-state index in [1.807, 2.05) is 0 Å². The van der Waals surface area contributed by atoms with E-state index in [9.17, 15) is 0 Å². The highest BCUT2D eigenvalue weighted by atomic mass is 32.1. The molecule has 0 radical (unpaired) electrons. The van der Waals surface area contributed by atoms with Gasteiger partial charge in [-0.25, -0.2) is 9.98 Å². The van der Waals surface area contributed by atoms with E-state index in [2.05, 4.69) is 65.4 Å². The van der Waals surface area contributed by atoms with Crippen molar-refractivity contribution in [3.63, 3.8) is 0 Å². The predicted octanol–water partition coefficient (Wildman–Crippen LogP) is 6.29. The van der Waals surface area contributed by atoms with E-state index in [1.165, 1.54) is 40.8 Å². The zero-order valence-electron chi connectivity index (χ0n) is 15.8. The fourth-order valence-corrected chi connectivity index (χ4v) is 4.70. The number of aliphatic imine (C=N–C) groups is 1. The first-order valence-corrected chi connectivity index (χ1v) is 10.5. The Bertz CT molecular complexity index is 1240. The number of rotatable bonds is 3. The van der Waals surface area contributed by atoms with Gasteiger partial charge in [0.2, 0.25) is 0 Å². The highest BCUT2D eigenvalue weighted by molar-refractivity contribution is 7.22. The van der Waals surface area contributed by atoms with Gasteiger partial charge in [-0.1, -0.05) is 23.5 Å². The summed E-state index contributed by atoms with van der Waals surface area (Å²) in [7, 11) is 0. The van der Waals surface area contributed by atoms with E-state index >= 15 is 0 Å². The Morgan fingerprint density at radius 3 is 2.93 bits per heavy atom. The molecule has 0 spiro atoms. The maximum absolute atomic E-state index is 5.90. The minimum atomic E-state index is 0.607. The van der Waals surface area contributed by atoms with Crippen LogP contribution in [0.4, 0.5) is 10.8 Å². The number of fused-ring (bicyclic) bond motifs is 2. The number of aromatic nitrogens is 2. The molecule has 2 aromatic heterocycles. The third kappa shape index (κ3) is 3.22. The van der Waals surface area contributed by atoms with Crippen molar-refractivity contribution < 1.29 is 0 Å². The van der Waals surface area contributed by atoms with Gasteiger partial charge in [0.15, 0.2) is 5.13 Å². The van der Waals surface area contributed by atoms with Crippen LogP contribution in [0.1, 0.15) is 36.9 Å². The second-order valence-corrected chi connectivity index (χ2v) is 8.46. The molecule has 0 saturated heterocycles. The minimum absolute atomic E-state index is 0.607.